The lowest BCUT2D eigenvalue weighted by molar-refractivity contribution is 0.604. The summed E-state index contributed by atoms with van der Waals surface area (Å²) in [6.45, 7) is 0. The SMILES string of the molecule is CN(C)C(=S)CC(=S)N(C)C. The highest BCUT2D eigenvalue weighted by molar-refractivity contribution is 7.82. The van der Waals surface area contributed by atoms with Crippen molar-refractivity contribution in [3.8, 4) is 0 Å². The Morgan fingerprint density at radius 3 is 1.36 bits per heavy atom. The Kier molecular flexibility index (Phi) is 4.52. The molecule has 0 atom stereocenters. The van der Waals surface area contributed by atoms with Crippen LogP contribution >= 0.6 is 24.4 Å². The van der Waals surface area contributed by atoms with Crippen LogP contribution in [-0.2, 0) is 0 Å². The lowest BCUT2D eigenvalue weighted by Gasteiger charge is -2.18. The summed E-state index contributed by atoms with van der Waals surface area (Å²) in [4.78, 5) is 5.57. The van der Waals surface area contributed by atoms with Crippen molar-refractivity contribution in [2.45, 2.75) is 6.42 Å². The molecular weight excluding hydrogens is 176 g/mol. The van der Waals surface area contributed by atoms with Crippen molar-refractivity contribution in [2.24, 2.45) is 0 Å². The molecule has 0 aromatic carbocycles. The molecule has 0 saturated heterocycles. The van der Waals surface area contributed by atoms with Gasteiger partial charge in [-0.1, -0.05) is 24.4 Å². The number of rotatable bonds is 2. The van der Waals surface area contributed by atoms with Crippen molar-refractivity contribution in [2.75, 3.05) is 28.2 Å². The van der Waals surface area contributed by atoms with Gasteiger partial charge in [0.15, 0.2) is 0 Å². The van der Waals surface area contributed by atoms with E-state index in [1.54, 1.807) is 0 Å². The molecule has 0 saturated carbocycles. The Morgan fingerprint density at radius 2 is 1.18 bits per heavy atom. The standard InChI is InChI=1S/C7H14N2S2/c1-8(2)6(10)5-7(11)9(3)4/h5H2,1-4H3. The van der Waals surface area contributed by atoms with E-state index in [0.29, 0.717) is 6.42 Å². The molecule has 0 spiro atoms. The van der Waals surface area contributed by atoms with Gasteiger partial charge in [-0.3, -0.25) is 0 Å². The zero-order valence-corrected chi connectivity index (χ0v) is 9.05. The fourth-order valence-electron chi connectivity index (χ4n) is 0.446. The van der Waals surface area contributed by atoms with E-state index in [2.05, 4.69) is 0 Å². The minimum absolute atomic E-state index is 0.699. The number of nitrogens with zero attached hydrogens (tertiary/aromatic N) is 2. The number of hydrogen-bond acceptors (Lipinski definition) is 2. The van der Waals surface area contributed by atoms with Gasteiger partial charge in [0.1, 0.15) is 0 Å². The van der Waals surface area contributed by atoms with Gasteiger partial charge in [0.2, 0.25) is 0 Å². The van der Waals surface area contributed by atoms with E-state index in [1.165, 1.54) is 0 Å². The molecule has 0 amide bonds. The minimum atomic E-state index is 0.699. The van der Waals surface area contributed by atoms with Gasteiger partial charge < -0.3 is 9.80 Å². The van der Waals surface area contributed by atoms with E-state index in [0.717, 1.165) is 9.98 Å². The van der Waals surface area contributed by atoms with Crippen LogP contribution in [0.1, 0.15) is 6.42 Å². The molecule has 0 heterocycles. The van der Waals surface area contributed by atoms with E-state index >= 15 is 0 Å². The highest BCUT2D eigenvalue weighted by Crippen LogP contribution is 1.96. The molecule has 0 rings (SSSR count). The van der Waals surface area contributed by atoms with Crippen LogP contribution in [0.4, 0.5) is 0 Å². The first-order valence-corrected chi connectivity index (χ1v) is 4.17. The average molecular weight is 190 g/mol. The predicted molar refractivity (Wildman–Crippen MR) is 57.2 cm³/mol. The molecule has 0 fully saturated rings. The first-order valence-electron chi connectivity index (χ1n) is 3.35. The third-order valence-corrected chi connectivity index (χ3v) is 2.32. The van der Waals surface area contributed by atoms with Crippen LogP contribution in [-0.4, -0.2) is 48.0 Å². The van der Waals surface area contributed by atoms with E-state index in [9.17, 15) is 0 Å². The number of hydrogen-bond donors (Lipinski definition) is 0. The van der Waals surface area contributed by atoms with E-state index in [-0.39, 0.29) is 0 Å². The first-order chi connectivity index (χ1) is 4.95. The molecule has 0 aliphatic heterocycles. The highest BCUT2D eigenvalue weighted by Gasteiger charge is 2.04. The van der Waals surface area contributed by atoms with Gasteiger partial charge in [0.25, 0.3) is 0 Å². The Bertz CT molecular complexity index is 146. The van der Waals surface area contributed by atoms with Crippen LogP contribution < -0.4 is 0 Å². The molecule has 0 radical (unpaired) electrons. The Balaban J connectivity index is 3.86. The van der Waals surface area contributed by atoms with Crippen molar-refractivity contribution in [3.63, 3.8) is 0 Å². The molecular formula is C7H14N2S2. The summed E-state index contributed by atoms with van der Waals surface area (Å²) in [7, 11) is 7.72. The van der Waals surface area contributed by atoms with Crippen molar-refractivity contribution in [1.82, 2.24) is 9.80 Å². The second kappa shape index (κ2) is 4.62. The van der Waals surface area contributed by atoms with Gasteiger partial charge in [0, 0.05) is 34.6 Å². The quantitative estimate of drug-likeness (QED) is 0.602. The zero-order valence-electron chi connectivity index (χ0n) is 7.42. The monoisotopic (exact) mass is 190 g/mol. The third-order valence-electron chi connectivity index (χ3n) is 1.30. The summed E-state index contributed by atoms with van der Waals surface area (Å²) < 4.78 is 0. The van der Waals surface area contributed by atoms with Gasteiger partial charge in [-0.15, -0.1) is 0 Å². The van der Waals surface area contributed by atoms with Crippen LogP contribution in [0.3, 0.4) is 0 Å². The van der Waals surface area contributed by atoms with Crippen LogP contribution in [0.2, 0.25) is 0 Å². The molecule has 0 aliphatic carbocycles. The minimum Gasteiger partial charge on any atom is -0.372 e. The fourth-order valence-corrected chi connectivity index (χ4v) is 0.810. The first kappa shape index (κ1) is 10.8. The lowest BCUT2D eigenvalue weighted by atomic mass is 10.4. The summed E-state index contributed by atoms with van der Waals surface area (Å²) in [6, 6.07) is 0. The van der Waals surface area contributed by atoms with Crippen LogP contribution in [0, 0.1) is 0 Å². The van der Waals surface area contributed by atoms with E-state index in [1.807, 2.05) is 38.0 Å². The molecule has 4 heteroatoms. The molecule has 0 aromatic heterocycles. The van der Waals surface area contributed by atoms with Gasteiger partial charge in [-0.2, -0.15) is 0 Å². The normalized spacial score (nSPS) is 9.09. The second-order valence-electron chi connectivity index (χ2n) is 2.75. The van der Waals surface area contributed by atoms with Crippen molar-refractivity contribution < 1.29 is 0 Å². The second-order valence-corrected chi connectivity index (χ2v) is 3.70. The number of thiocarbonyl (C=S) groups is 2. The molecule has 2 nitrogen and oxygen atoms in total. The third kappa shape index (κ3) is 4.27. The molecule has 0 aromatic rings. The molecule has 0 N–H and O–H groups in total. The summed E-state index contributed by atoms with van der Waals surface area (Å²) in [6.07, 6.45) is 0.699. The predicted octanol–water partition coefficient (Wildman–Crippen LogP) is 1.15. The van der Waals surface area contributed by atoms with Gasteiger partial charge in [0.05, 0.1) is 9.98 Å². The molecule has 11 heavy (non-hydrogen) atoms. The maximum Gasteiger partial charge on any atom is 0.0842 e. The molecule has 0 unspecified atom stereocenters. The van der Waals surface area contributed by atoms with Crippen LogP contribution in [0.5, 0.6) is 0 Å². The smallest absolute Gasteiger partial charge is 0.0842 e. The Hall–Kier alpha value is -0.220. The molecule has 0 aliphatic rings. The largest absolute Gasteiger partial charge is 0.372 e. The van der Waals surface area contributed by atoms with Crippen LogP contribution in [0.25, 0.3) is 0 Å². The summed E-state index contributed by atoms with van der Waals surface area (Å²) in [5, 5.41) is 0. The topological polar surface area (TPSA) is 6.48 Å². The zero-order chi connectivity index (χ0) is 9.02. The van der Waals surface area contributed by atoms with Crippen molar-refractivity contribution >= 4 is 34.4 Å². The molecule has 0 bridgehead atoms. The van der Waals surface area contributed by atoms with Crippen molar-refractivity contribution in [1.29, 1.82) is 0 Å². The highest BCUT2D eigenvalue weighted by atomic mass is 32.1. The van der Waals surface area contributed by atoms with Gasteiger partial charge in [-0.25, -0.2) is 0 Å². The summed E-state index contributed by atoms with van der Waals surface area (Å²) >= 11 is 10.2. The molecule has 64 valence electrons. The van der Waals surface area contributed by atoms with Gasteiger partial charge >= 0.3 is 0 Å². The Morgan fingerprint density at radius 1 is 0.909 bits per heavy atom. The maximum atomic E-state index is 5.09. The van der Waals surface area contributed by atoms with Gasteiger partial charge in [-0.05, 0) is 0 Å². The van der Waals surface area contributed by atoms with Crippen LogP contribution in [0.15, 0.2) is 0 Å². The summed E-state index contributed by atoms with van der Waals surface area (Å²) in [5.41, 5.74) is 0. The lowest BCUT2D eigenvalue weighted by Crippen LogP contribution is -2.28. The fraction of sp³-hybridized carbons (Fsp3) is 0.714. The Labute approximate surface area is 79.2 Å². The van der Waals surface area contributed by atoms with E-state index in [4.69, 9.17) is 24.4 Å². The average Bonchev–Trinajstić information content (AvgIpc) is 1.87. The van der Waals surface area contributed by atoms with E-state index < -0.39 is 0 Å². The maximum absolute atomic E-state index is 5.09. The summed E-state index contributed by atoms with van der Waals surface area (Å²) in [5.74, 6) is 0. The van der Waals surface area contributed by atoms with Crippen molar-refractivity contribution in [3.05, 3.63) is 0 Å².